The number of alkyl carbamates (subject to hydrolysis) is 1. The molecule has 0 fully saturated rings. The van der Waals surface area contributed by atoms with E-state index in [9.17, 15) is 9.90 Å². The molecule has 1 amide bonds. The summed E-state index contributed by atoms with van der Waals surface area (Å²) >= 11 is 0. The Bertz CT molecular complexity index is 665. The van der Waals surface area contributed by atoms with E-state index in [2.05, 4.69) is 15.6 Å². The fourth-order valence-corrected chi connectivity index (χ4v) is 1.96. The van der Waals surface area contributed by atoms with Crippen molar-refractivity contribution < 1.29 is 14.6 Å². The predicted octanol–water partition coefficient (Wildman–Crippen LogP) is 2.88. The van der Waals surface area contributed by atoms with Gasteiger partial charge in [-0.1, -0.05) is 6.07 Å². The van der Waals surface area contributed by atoms with Gasteiger partial charge in [-0.15, -0.1) is 0 Å². The van der Waals surface area contributed by atoms with Crippen molar-refractivity contribution in [1.29, 1.82) is 0 Å². The second kappa shape index (κ2) is 6.51. The van der Waals surface area contributed by atoms with E-state index < -0.39 is 11.7 Å². The SMILES string of the molecule is CC(C)(C)OC(=O)NCCNc1nccc2ccc(O)cc12. The second-order valence-corrected chi connectivity index (χ2v) is 5.92. The zero-order chi connectivity index (χ0) is 16.2. The van der Waals surface area contributed by atoms with Crippen LogP contribution in [0.4, 0.5) is 10.6 Å². The van der Waals surface area contributed by atoms with Crippen LogP contribution >= 0.6 is 0 Å². The van der Waals surface area contributed by atoms with E-state index in [1.165, 1.54) is 0 Å². The number of carbonyl (C=O) groups is 1. The van der Waals surface area contributed by atoms with E-state index in [-0.39, 0.29) is 5.75 Å². The minimum Gasteiger partial charge on any atom is -0.508 e. The first kappa shape index (κ1) is 15.9. The zero-order valence-electron chi connectivity index (χ0n) is 13.0. The van der Waals surface area contributed by atoms with Gasteiger partial charge in [-0.25, -0.2) is 9.78 Å². The van der Waals surface area contributed by atoms with Crippen molar-refractivity contribution in [2.75, 3.05) is 18.4 Å². The molecule has 118 valence electrons. The number of ether oxygens (including phenoxy) is 1. The fourth-order valence-electron chi connectivity index (χ4n) is 1.96. The number of anilines is 1. The zero-order valence-corrected chi connectivity index (χ0v) is 13.0. The topological polar surface area (TPSA) is 83.5 Å². The first-order valence-electron chi connectivity index (χ1n) is 7.13. The quantitative estimate of drug-likeness (QED) is 0.756. The molecule has 22 heavy (non-hydrogen) atoms. The summed E-state index contributed by atoms with van der Waals surface area (Å²) in [4.78, 5) is 15.8. The summed E-state index contributed by atoms with van der Waals surface area (Å²) in [5.74, 6) is 0.856. The molecule has 1 aromatic carbocycles. The van der Waals surface area contributed by atoms with Gasteiger partial charge >= 0.3 is 6.09 Å². The smallest absolute Gasteiger partial charge is 0.407 e. The Morgan fingerprint density at radius 2 is 2.05 bits per heavy atom. The highest BCUT2D eigenvalue weighted by Crippen LogP contribution is 2.24. The number of phenolic OH excluding ortho intramolecular Hbond substituents is 1. The number of carbonyl (C=O) groups excluding carboxylic acids is 1. The molecule has 3 N–H and O–H groups in total. The summed E-state index contributed by atoms with van der Waals surface area (Å²) in [5, 5.41) is 17.2. The van der Waals surface area contributed by atoms with Crippen molar-refractivity contribution in [3.8, 4) is 5.75 Å². The molecule has 1 heterocycles. The molecule has 0 saturated carbocycles. The van der Waals surface area contributed by atoms with Crippen LogP contribution in [0.2, 0.25) is 0 Å². The number of nitrogens with zero attached hydrogens (tertiary/aromatic N) is 1. The molecule has 0 spiro atoms. The Balaban J connectivity index is 1.90. The maximum atomic E-state index is 11.5. The van der Waals surface area contributed by atoms with E-state index in [1.807, 2.05) is 32.9 Å². The van der Waals surface area contributed by atoms with Crippen molar-refractivity contribution in [2.24, 2.45) is 0 Å². The summed E-state index contributed by atoms with van der Waals surface area (Å²) < 4.78 is 5.15. The second-order valence-electron chi connectivity index (χ2n) is 5.92. The van der Waals surface area contributed by atoms with Crippen molar-refractivity contribution in [3.05, 3.63) is 30.5 Å². The number of amides is 1. The molecule has 6 heteroatoms. The van der Waals surface area contributed by atoms with Crippen LogP contribution in [0.5, 0.6) is 5.75 Å². The minimum absolute atomic E-state index is 0.190. The fraction of sp³-hybridized carbons (Fsp3) is 0.375. The Kier molecular flexibility index (Phi) is 4.70. The van der Waals surface area contributed by atoms with Crippen LogP contribution in [0.25, 0.3) is 10.8 Å². The Hall–Kier alpha value is -2.50. The van der Waals surface area contributed by atoms with Crippen LogP contribution in [-0.4, -0.2) is 34.9 Å². The van der Waals surface area contributed by atoms with Gasteiger partial charge in [-0.2, -0.15) is 0 Å². The standard InChI is InChI=1S/C16H21N3O3/c1-16(2,3)22-15(21)19-9-8-18-14-13-10-12(20)5-4-11(13)6-7-17-14/h4-7,10,20H,8-9H2,1-3H3,(H,17,18)(H,19,21). The third kappa shape index (κ3) is 4.51. The lowest BCUT2D eigenvalue weighted by atomic mass is 10.1. The molecule has 0 aliphatic carbocycles. The van der Waals surface area contributed by atoms with E-state index in [1.54, 1.807) is 18.3 Å². The highest BCUT2D eigenvalue weighted by molar-refractivity contribution is 5.92. The van der Waals surface area contributed by atoms with Crippen LogP contribution in [0.15, 0.2) is 30.5 Å². The minimum atomic E-state index is -0.508. The molecule has 0 aliphatic rings. The Labute approximate surface area is 129 Å². The lowest BCUT2D eigenvalue weighted by Crippen LogP contribution is -2.35. The molecule has 0 saturated heterocycles. The van der Waals surface area contributed by atoms with E-state index >= 15 is 0 Å². The van der Waals surface area contributed by atoms with Crippen molar-refractivity contribution in [2.45, 2.75) is 26.4 Å². The van der Waals surface area contributed by atoms with Crippen LogP contribution < -0.4 is 10.6 Å². The van der Waals surface area contributed by atoms with E-state index in [4.69, 9.17) is 4.74 Å². The third-order valence-corrected chi connectivity index (χ3v) is 2.84. The van der Waals surface area contributed by atoms with Gasteiger partial charge < -0.3 is 20.5 Å². The summed E-state index contributed by atoms with van der Waals surface area (Å²) in [6.45, 7) is 6.36. The average Bonchev–Trinajstić information content (AvgIpc) is 2.42. The number of fused-ring (bicyclic) bond motifs is 1. The third-order valence-electron chi connectivity index (χ3n) is 2.84. The predicted molar refractivity (Wildman–Crippen MR) is 86.1 cm³/mol. The van der Waals surface area contributed by atoms with Crippen molar-refractivity contribution in [3.63, 3.8) is 0 Å². The molecule has 6 nitrogen and oxygen atoms in total. The summed E-state index contributed by atoms with van der Waals surface area (Å²) in [6.07, 6.45) is 1.25. The van der Waals surface area contributed by atoms with Crippen molar-refractivity contribution in [1.82, 2.24) is 10.3 Å². The van der Waals surface area contributed by atoms with Gasteiger partial charge in [-0.05, 0) is 44.4 Å². The van der Waals surface area contributed by atoms with Gasteiger partial charge in [-0.3, -0.25) is 0 Å². The normalized spacial score (nSPS) is 11.2. The molecule has 2 aromatic rings. The molecule has 1 aromatic heterocycles. The number of hydrogen-bond donors (Lipinski definition) is 3. The number of rotatable bonds is 4. The molecule has 0 aliphatic heterocycles. The molecular weight excluding hydrogens is 282 g/mol. The van der Waals surface area contributed by atoms with Crippen molar-refractivity contribution >= 4 is 22.7 Å². The lowest BCUT2D eigenvalue weighted by Gasteiger charge is -2.19. The monoisotopic (exact) mass is 303 g/mol. The first-order chi connectivity index (χ1) is 10.3. The van der Waals surface area contributed by atoms with Crippen LogP contribution in [-0.2, 0) is 4.74 Å². The highest BCUT2D eigenvalue weighted by atomic mass is 16.6. The molecule has 0 atom stereocenters. The average molecular weight is 303 g/mol. The van der Waals surface area contributed by atoms with Gasteiger partial charge in [0.05, 0.1) is 0 Å². The number of hydrogen-bond acceptors (Lipinski definition) is 5. The molecule has 0 unspecified atom stereocenters. The van der Waals surface area contributed by atoms with Gasteiger partial charge in [0, 0.05) is 24.7 Å². The number of aromatic nitrogens is 1. The number of nitrogens with one attached hydrogen (secondary N) is 2. The first-order valence-corrected chi connectivity index (χ1v) is 7.13. The molecule has 0 bridgehead atoms. The molecule has 2 rings (SSSR count). The highest BCUT2D eigenvalue weighted by Gasteiger charge is 2.15. The van der Waals surface area contributed by atoms with Gasteiger partial charge in [0.15, 0.2) is 0 Å². The Morgan fingerprint density at radius 1 is 1.27 bits per heavy atom. The molecule has 0 radical (unpaired) electrons. The number of phenols is 1. The molecular formula is C16H21N3O3. The van der Waals surface area contributed by atoms with Gasteiger partial charge in [0.1, 0.15) is 17.2 Å². The number of aromatic hydroxyl groups is 1. The summed E-state index contributed by atoms with van der Waals surface area (Å²) in [6, 6.07) is 7.00. The van der Waals surface area contributed by atoms with E-state index in [0.29, 0.717) is 18.9 Å². The lowest BCUT2D eigenvalue weighted by molar-refractivity contribution is 0.0530. The van der Waals surface area contributed by atoms with Crippen LogP contribution in [0.1, 0.15) is 20.8 Å². The van der Waals surface area contributed by atoms with Gasteiger partial charge in [0.2, 0.25) is 0 Å². The maximum absolute atomic E-state index is 11.5. The van der Waals surface area contributed by atoms with Crippen LogP contribution in [0.3, 0.4) is 0 Å². The largest absolute Gasteiger partial charge is 0.508 e. The summed E-state index contributed by atoms with van der Waals surface area (Å²) in [7, 11) is 0. The van der Waals surface area contributed by atoms with E-state index in [0.717, 1.165) is 10.8 Å². The number of benzene rings is 1. The Morgan fingerprint density at radius 3 is 2.77 bits per heavy atom. The summed E-state index contributed by atoms with van der Waals surface area (Å²) in [5.41, 5.74) is -0.508. The van der Waals surface area contributed by atoms with Gasteiger partial charge in [0.25, 0.3) is 0 Å². The number of pyridine rings is 1. The maximum Gasteiger partial charge on any atom is 0.407 e. The van der Waals surface area contributed by atoms with Crippen LogP contribution in [0, 0.1) is 0 Å².